The Kier molecular flexibility index (Phi) is 4.49. The Morgan fingerprint density at radius 2 is 1.78 bits per heavy atom. The van der Waals surface area contributed by atoms with Gasteiger partial charge in [0.2, 0.25) is 5.17 Å². The molecule has 5 nitrogen and oxygen atoms in total. The fraction of sp³-hybridized carbons (Fsp3) is 0.143. The second kappa shape index (κ2) is 6.96. The number of nitrogens with one attached hydrogen (secondary N) is 1. The number of thioether (sulfide) groups is 1. The van der Waals surface area contributed by atoms with Crippen molar-refractivity contribution in [1.82, 2.24) is 5.01 Å². The summed E-state index contributed by atoms with van der Waals surface area (Å²) in [6.07, 6.45) is 1.70. The van der Waals surface area contributed by atoms with Crippen LogP contribution >= 0.6 is 11.8 Å². The van der Waals surface area contributed by atoms with Gasteiger partial charge in [-0.15, -0.1) is 0 Å². The maximum Gasteiger partial charge on any atom is 0.283 e. The minimum atomic E-state index is -0.406. The first-order chi connectivity index (χ1) is 13.0. The van der Waals surface area contributed by atoms with E-state index in [1.807, 2.05) is 54.6 Å². The number of amides is 1. The highest BCUT2D eigenvalue weighted by Gasteiger charge is 2.35. The predicted octanol–water partition coefficient (Wildman–Crippen LogP) is 4.48. The highest BCUT2D eigenvalue weighted by Crippen LogP contribution is 2.30. The molecule has 0 saturated heterocycles. The summed E-state index contributed by atoms with van der Waals surface area (Å²) in [7, 11) is 0. The van der Waals surface area contributed by atoms with Crippen molar-refractivity contribution in [2.75, 3.05) is 0 Å². The zero-order valence-corrected chi connectivity index (χ0v) is 15.8. The van der Waals surface area contributed by atoms with E-state index in [1.54, 1.807) is 6.08 Å². The normalized spacial score (nSPS) is 18.0. The standard InChI is InChI=1S/C21H18N4OS/c1-13(2)15-10-8-14(9-11-15)12-17-18(22)25-21(23-19(17)26)27-20(24-25)16-6-4-3-5-7-16/h3-13,22H,1-2H3. The molecule has 0 bridgehead atoms. The van der Waals surface area contributed by atoms with Gasteiger partial charge in [0.05, 0.1) is 5.57 Å². The average Bonchev–Trinajstić information content (AvgIpc) is 3.10. The molecular formula is C21H18N4OS. The number of hydrogen-bond donors (Lipinski definition) is 1. The van der Waals surface area contributed by atoms with Crippen LogP contribution in [-0.2, 0) is 4.79 Å². The van der Waals surface area contributed by atoms with Crippen molar-refractivity contribution < 1.29 is 4.79 Å². The highest BCUT2D eigenvalue weighted by molar-refractivity contribution is 8.27. The average molecular weight is 374 g/mol. The van der Waals surface area contributed by atoms with E-state index in [9.17, 15) is 4.79 Å². The topological polar surface area (TPSA) is 68.9 Å². The van der Waals surface area contributed by atoms with Gasteiger partial charge >= 0.3 is 0 Å². The summed E-state index contributed by atoms with van der Waals surface area (Å²) in [5, 5.41) is 15.5. The fourth-order valence-electron chi connectivity index (χ4n) is 2.83. The van der Waals surface area contributed by atoms with Crippen LogP contribution in [0.3, 0.4) is 0 Å². The second-order valence-electron chi connectivity index (χ2n) is 6.61. The van der Waals surface area contributed by atoms with Crippen LogP contribution in [0.2, 0.25) is 0 Å². The van der Waals surface area contributed by atoms with Crippen molar-refractivity contribution in [2.45, 2.75) is 19.8 Å². The van der Waals surface area contributed by atoms with Crippen molar-refractivity contribution in [2.24, 2.45) is 10.1 Å². The van der Waals surface area contributed by atoms with Gasteiger partial charge in [-0.2, -0.15) is 15.1 Å². The van der Waals surface area contributed by atoms with Crippen LogP contribution in [0.1, 0.15) is 36.5 Å². The van der Waals surface area contributed by atoms with Crippen LogP contribution in [0.4, 0.5) is 0 Å². The fourth-order valence-corrected chi connectivity index (χ4v) is 3.73. The lowest BCUT2D eigenvalue weighted by molar-refractivity contribution is -0.114. The molecule has 2 heterocycles. The third kappa shape index (κ3) is 3.36. The first kappa shape index (κ1) is 17.4. The second-order valence-corrected chi connectivity index (χ2v) is 7.57. The Bertz CT molecular complexity index is 1000. The van der Waals surface area contributed by atoms with E-state index in [1.165, 1.54) is 22.3 Å². The van der Waals surface area contributed by atoms with Crippen LogP contribution in [0.15, 0.2) is 70.3 Å². The molecular weight excluding hydrogens is 356 g/mol. The minimum Gasteiger partial charge on any atom is -0.282 e. The smallest absolute Gasteiger partial charge is 0.282 e. The lowest BCUT2D eigenvalue weighted by Crippen LogP contribution is -2.35. The highest BCUT2D eigenvalue weighted by atomic mass is 32.2. The molecule has 2 aromatic rings. The molecule has 4 rings (SSSR count). The van der Waals surface area contributed by atoms with Crippen molar-refractivity contribution in [3.05, 3.63) is 76.9 Å². The largest absolute Gasteiger partial charge is 0.283 e. The van der Waals surface area contributed by atoms with Gasteiger partial charge in [0.1, 0.15) is 5.04 Å². The van der Waals surface area contributed by atoms with Crippen LogP contribution in [0.25, 0.3) is 6.08 Å². The van der Waals surface area contributed by atoms with E-state index in [4.69, 9.17) is 5.41 Å². The molecule has 2 aromatic carbocycles. The molecule has 0 aromatic heterocycles. The van der Waals surface area contributed by atoms with E-state index >= 15 is 0 Å². The number of hydrogen-bond acceptors (Lipinski definition) is 4. The van der Waals surface area contributed by atoms with E-state index in [0.717, 1.165) is 16.2 Å². The van der Waals surface area contributed by atoms with E-state index in [0.29, 0.717) is 11.1 Å². The number of aliphatic imine (C=N–C) groups is 1. The number of amidine groups is 2. The summed E-state index contributed by atoms with van der Waals surface area (Å²) >= 11 is 1.31. The van der Waals surface area contributed by atoms with Crippen molar-refractivity contribution in [3.8, 4) is 0 Å². The van der Waals surface area contributed by atoms with Gasteiger partial charge in [0, 0.05) is 5.56 Å². The number of carbonyl (C=O) groups is 1. The van der Waals surface area contributed by atoms with Gasteiger partial charge in [0.15, 0.2) is 5.84 Å². The van der Waals surface area contributed by atoms with Crippen LogP contribution < -0.4 is 0 Å². The number of carbonyl (C=O) groups excluding carboxylic acids is 1. The number of hydrazone groups is 1. The number of benzene rings is 2. The molecule has 0 radical (unpaired) electrons. The van der Waals surface area contributed by atoms with Gasteiger partial charge in [-0.25, -0.2) is 0 Å². The Hall–Kier alpha value is -2.99. The molecule has 1 amide bonds. The SMILES string of the molecule is CC(C)c1ccc(C=C2C(=N)N3N=C(c4ccccc4)SC3=NC2=O)cc1. The van der Waals surface area contributed by atoms with Crippen molar-refractivity contribution in [1.29, 1.82) is 5.41 Å². The molecule has 0 unspecified atom stereocenters. The molecule has 2 aliphatic heterocycles. The van der Waals surface area contributed by atoms with E-state index in [2.05, 4.69) is 23.9 Å². The summed E-state index contributed by atoms with van der Waals surface area (Å²) in [5.74, 6) is 0.0911. The monoisotopic (exact) mass is 374 g/mol. The van der Waals surface area contributed by atoms with Gasteiger partial charge in [-0.3, -0.25) is 10.2 Å². The van der Waals surface area contributed by atoms with Crippen molar-refractivity contribution >= 4 is 39.8 Å². The van der Waals surface area contributed by atoms with Gasteiger partial charge in [0.25, 0.3) is 5.91 Å². The molecule has 134 valence electrons. The van der Waals surface area contributed by atoms with Crippen LogP contribution in [0, 0.1) is 5.41 Å². The summed E-state index contributed by atoms with van der Waals surface area (Å²) in [4.78, 5) is 16.6. The third-order valence-electron chi connectivity index (χ3n) is 4.39. The van der Waals surface area contributed by atoms with Gasteiger partial charge in [-0.1, -0.05) is 68.4 Å². The Morgan fingerprint density at radius 1 is 1.07 bits per heavy atom. The lowest BCUT2D eigenvalue weighted by Gasteiger charge is -2.20. The molecule has 0 atom stereocenters. The first-order valence-corrected chi connectivity index (χ1v) is 9.50. The summed E-state index contributed by atoms with van der Waals surface area (Å²) < 4.78 is 0. The number of nitrogens with zero attached hydrogens (tertiary/aromatic N) is 3. The van der Waals surface area contributed by atoms with Crippen molar-refractivity contribution in [3.63, 3.8) is 0 Å². The molecule has 0 spiro atoms. The Morgan fingerprint density at radius 3 is 2.44 bits per heavy atom. The number of fused-ring (bicyclic) bond motifs is 1. The predicted molar refractivity (Wildman–Crippen MR) is 111 cm³/mol. The molecule has 1 N–H and O–H groups in total. The lowest BCUT2D eigenvalue weighted by atomic mass is 10.0. The molecule has 27 heavy (non-hydrogen) atoms. The third-order valence-corrected chi connectivity index (χ3v) is 5.35. The zero-order valence-electron chi connectivity index (χ0n) is 15.0. The zero-order chi connectivity index (χ0) is 19.0. The molecule has 0 aliphatic carbocycles. The summed E-state index contributed by atoms with van der Waals surface area (Å²) in [5.41, 5.74) is 3.28. The maximum absolute atomic E-state index is 12.5. The molecule has 0 saturated carbocycles. The van der Waals surface area contributed by atoms with Crippen LogP contribution in [0.5, 0.6) is 0 Å². The van der Waals surface area contributed by atoms with E-state index in [-0.39, 0.29) is 11.4 Å². The molecule has 2 aliphatic rings. The number of rotatable bonds is 3. The minimum absolute atomic E-state index is 0.0522. The Labute approximate surface area is 162 Å². The molecule has 0 fully saturated rings. The molecule has 6 heteroatoms. The van der Waals surface area contributed by atoms with Crippen LogP contribution in [-0.4, -0.2) is 27.0 Å². The quantitative estimate of drug-likeness (QED) is 0.806. The van der Waals surface area contributed by atoms with Gasteiger partial charge in [-0.05, 0) is 34.9 Å². The first-order valence-electron chi connectivity index (χ1n) is 8.68. The summed E-state index contributed by atoms with van der Waals surface area (Å²) in [6, 6.07) is 17.7. The van der Waals surface area contributed by atoms with E-state index < -0.39 is 5.91 Å². The maximum atomic E-state index is 12.5. The Balaban J connectivity index is 1.65. The van der Waals surface area contributed by atoms with Gasteiger partial charge < -0.3 is 0 Å². The summed E-state index contributed by atoms with van der Waals surface area (Å²) in [6.45, 7) is 4.27.